The molecule has 0 rings (SSSR count). The van der Waals surface area contributed by atoms with Gasteiger partial charge in [0.1, 0.15) is 0 Å². The van der Waals surface area contributed by atoms with Crippen LogP contribution in [0.3, 0.4) is 0 Å². The molecule has 0 spiro atoms. The first-order valence-electron chi connectivity index (χ1n) is 4.13. The number of hydrogen-bond donors (Lipinski definition) is 0. The van der Waals surface area contributed by atoms with Gasteiger partial charge < -0.3 is 0 Å². The minimum absolute atomic E-state index is 0.255. The predicted molar refractivity (Wildman–Crippen MR) is 53.0 cm³/mol. The molecule has 1 heteroatoms. The van der Waals surface area contributed by atoms with Crippen LogP contribution in [0.25, 0.3) is 0 Å². The van der Waals surface area contributed by atoms with Crippen LogP contribution < -0.4 is 0 Å². The number of hydrogen-bond acceptors (Lipinski definition) is 0. The van der Waals surface area contributed by atoms with Gasteiger partial charge in [-0.25, -0.2) is 0 Å². The van der Waals surface area contributed by atoms with E-state index in [1.165, 1.54) is 36.1 Å². The van der Waals surface area contributed by atoms with Crippen LogP contribution in [-0.4, -0.2) is 4.40 Å². The summed E-state index contributed by atoms with van der Waals surface area (Å²) in [5.74, 6) is 0. The summed E-state index contributed by atoms with van der Waals surface area (Å²) >= 11 is 1.51. The van der Waals surface area contributed by atoms with E-state index in [9.17, 15) is 0 Å². The van der Waals surface area contributed by atoms with Gasteiger partial charge in [-0.15, -0.1) is 0 Å². The van der Waals surface area contributed by atoms with Crippen LogP contribution in [0.5, 0.6) is 0 Å². The SMILES string of the molecule is C=C(C)/C(C)=C(\[CH]=[W])C(C)(C)C. The van der Waals surface area contributed by atoms with E-state index < -0.39 is 0 Å². The first kappa shape index (κ1) is 12.0. The molecule has 0 amide bonds. The standard InChI is InChI=1S/C11H18.W/c1-8(2)9(3)10(4)11(5,6)7;/h4H,1H2,2-3,5-7H3;/b10-9+;. The van der Waals surface area contributed by atoms with E-state index in [1.807, 2.05) is 0 Å². The van der Waals surface area contributed by atoms with E-state index in [1.54, 1.807) is 0 Å². The second-order valence-electron chi connectivity index (χ2n) is 4.19. The third-order valence-electron chi connectivity index (χ3n) is 1.97. The number of allylic oxidation sites excluding steroid dienone is 3. The second kappa shape index (κ2) is 4.32. The molecule has 0 aromatic carbocycles. The summed E-state index contributed by atoms with van der Waals surface area (Å²) in [4.78, 5) is 0. The van der Waals surface area contributed by atoms with E-state index in [0.29, 0.717) is 0 Å². The van der Waals surface area contributed by atoms with Crippen molar-refractivity contribution in [2.45, 2.75) is 34.6 Å². The van der Waals surface area contributed by atoms with Crippen molar-refractivity contribution in [2.24, 2.45) is 5.41 Å². The van der Waals surface area contributed by atoms with Crippen LogP contribution in [0.1, 0.15) is 34.6 Å². The molecule has 0 aliphatic heterocycles. The Kier molecular flexibility index (Phi) is 4.34. The summed E-state index contributed by atoms with van der Waals surface area (Å²) in [6.45, 7) is 14.9. The van der Waals surface area contributed by atoms with Gasteiger partial charge in [-0.05, 0) is 0 Å². The summed E-state index contributed by atoms with van der Waals surface area (Å²) in [6.07, 6.45) is 0. The molecular formula is C11H18W. The predicted octanol–water partition coefficient (Wildman–Crippen LogP) is 3.27. The van der Waals surface area contributed by atoms with Gasteiger partial charge in [0.2, 0.25) is 0 Å². The Hall–Kier alpha value is 0.0383. The molecule has 0 aliphatic rings. The van der Waals surface area contributed by atoms with Crippen LogP contribution in [0.15, 0.2) is 23.3 Å². The Morgan fingerprint density at radius 1 is 1.25 bits per heavy atom. The van der Waals surface area contributed by atoms with Crippen molar-refractivity contribution in [1.82, 2.24) is 0 Å². The second-order valence-corrected chi connectivity index (χ2v) is 5.03. The Balaban J connectivity index is 5.14. The van der Waals surface area contributed by atoms with Crippen molar-refractivity contribution in [3.63, 3.8) is 0 Å². The van der Waals surface area contributed by atoms with Crippen molar-refractivity contribution < 1.29 is 19.4 Å². The Morgan fingerprint density at radius 2 is 1.67 bits per heavy atom. The third-order valence-corrected chi connectivity index (χ3v) is 2.82. The fraction of sp³-hybridized carbons (Fsp3) is 0.545. The van der Waals surface area contributed by atoms with Gasteiger partial charge in [0, 0.05) is 0 Å². The van der Waals surface area contributed by atoms with Crippen LogP contribution in [-0.2, 0) is 19.4 Å². The average Bonchev–Trinajstić information content (AvgIpc) is 1.85. The summed E-state index contributed by atoms with van der Waals surface area (Å²) in [5, 5.41) is 0. The fourth-order valence-electron chi connectivity index (χ4n) is 1.06. The molecule has 0 radical (unpaired) electrons. The van der Waals surface area contributed by atoms with Crippen molar-refractivity contribution >= 4 is 4.40 Å². The monoisotopic (exact) mass is 334 g/mol. The molecule has 0 N–H and O–H groups in total. The fourth-order valence-corrected chi connectivity index (χ4v) is 2.96. The summed E-state index contributed by atoms with van der Waals surface area (Å²) in [7, 11) is 0. The van der Waals surface area contributed by atoms with E-state index >= 15 is 0 Å². The first-order chi connectivity index (χ1) is 5.30. The summed E-state index contributed by atoms with van der Waals surface area (Å²) in [6, 6.07) is 0. The van der Waals surface area contributed by atoms with Gasteiger partial charge in [0.15, 0.2) is 0 Å². The van der Waals surface area contributed by atoms with Crippen molar-refractivity contribution in [2.75, 3.05) is 0 Å². The molecule has 0 aliphatic carbocycles. The first-order valence-corrected chi connectivity index (χ1v) is 5.82. The van der Waals surface area contributed by atoms with Crippen LogP contribution in [0.2, 0.25) is 0 Å². The van der Waals surface area contributed by atoms with Gasteiger partial charge in [-0.3, -0.25) is 0 Å². The quantitative estimate of drug-likeness (QED) is 0.680. The molecule has 0 aromatic rings. The molecule has 12 heavy (non-hydrogen) atoms. The molecule has 0 nitrogen and oxygen atoms in total. The number of rotatable bonds is 2. The normalized spacial score (nSPS) is 13.8. The van der Waals surface area contributed by atoms with Gasteiger partial charge in [0.25, 0.3) is 0 Å². The zero-order valence-electron chi connectivity index (χ0n) is 8.69. The van der Waals surface area contributed by atoms with E-state index in [0.717, 1.165) is 0 Å². The van der Waals surface area contributed by atoms with Crippen LogP contribution >= 0.6 is 0 Å². The molecule has 0 fully saturated rings. The Bertz CT molecular complexity index is 226. The maximum absolute atomic E-state index is 3.97. The maximum atomic E-state index is 3.97. The molecule has 0 saturated carbocycles. The Labute approximate surface area is 87.2 Å². The molecule has 0 atom stereocenters. The molecule has 0 bridgehead atoms. The topological polar surface area (TPSA) is 0 Å². The van der Waals surface area contributed by atoms with Crippen molar-refractivity contribution in [3.05, 3.63) is 23.3 Å². The van der Waals surface area contributed by atoms with Gasteiger partial charge in [-0.1, -0.05) is 0 Å². The zero-order valence-corrected chi connectivity index (χ0v) is 11.6. The van der Waals surface area contributed by atoms with E-state index in [4.69, 9.17) is 0 Å². The van der Waals surface area contributed by atoms with E-state index in [2.05, 4.69) is 45.6 Å². The molecular weight excluding hydrogens is 316 g/mol. The van der Waals surface area contributed by atoms with Gasteiger partial charge in [-0.2, -0.15) is 0 Å². The average molecular weight is 334 g/mol. The van der Waals surface area contributed by atoms with Crippen molar-refractivity contribution in [1.29, 1.82) is 0 Å². The summed E-state index contributed by atoms with van der Waals surface area (Å²) < 4.78 is 2.27. The Morgan fingerprint density at radius 3 is 1.75 bits per heavy atom. The van der Waals surface area contributed by atoms with E-state index in [-0.39, 0.29) is 5.41 Å². The van der Waals surface area contributed by atoms with Crippen LogP contribution in [0.4, 0.5) is 0 Å². The molecule has 0 aromatic heterocycles. The minimum atomic E-state index is 0.255. The zero-order chi connectivity index (χ0) is 9.94. The summed E-state index contributed by atoms with van der Waals surface area (Å²) in [5.41, 5.74) is 4.21. The molecule has 68 valence electrons. The van der Waals surface area contributed by atoms with Gasteiger partial charge in [0.05, 0.1) is 0 Å². The van der Waals surface area contributed by atoms with Crippen LogP contribution in [0, 0.1) is 5.41 Å². The third kappa shape index (κ3) is 3.19. The van der Waals surface area contributed by atoms with Gasteiger partial charge >= 0.3 is 87.1 Å². The van der Waals surface area contributed by atoms with Crippen molar-refractivity contribution in [3.8, 4) is 0 Å². The molecule has 0 saturated heterocycles. The molecule has 0 unspecified atom stereocenters. The molecule has 0 heterocycles.